The molecular formula is C18H21N3O2S. The van der Waals surface area contributed by atoms with Crippen LogP contribution in [0.3, 0.4) is 0 Å². The van der Waals surface area contributed by atoms with Crippen LogP contribution < -0.4 is 20.3 Å². The summed E-state index contributed by atoms with van der Waals surface area (Å²) in [6.45, 7) is 2.50. The summed E-state index contributed by atoms with van der Waals surface area (Å²) in [6, 6.07) is 14.7. The molecule has 0 heterocycles. The molecule has 24 heavy (non-hydrogen) atoms. The van der Waals surface area contributed by atoms with E-state index >= 15 is 0 Å². The van der Waals surface area contributed by atoms with Crippen LogP contribution in [0.15, 0.2) is 48.5 Å². The Morgan fingerprint density at radius 2 is 1.71 bits per heavy atom. The molecule has 0 aliphatic rings. The van der Waals surface area contributed by atoms with Crippen molar-refractivity contribution < 1.29 is 9.53 Å². The molecule has 0 aliphatic carbocycles. The standard InChI is InChI=1S/C18H21N3O2S/c1-4-23-16-11-5-13(6-12-16)17(22)20-18(24)19-14-7-9-15(10-8-14)21(2)3/h5-12H,4H2,1-3H3,(H2,19,20,22,24). The lowest BCUT2D eigenvalue weighted by atomic mass is 10.2. The predicted molar refractivity (Wildman–Crippen MR) is 102 cm³/mol. The number of thiocarbonyl (C=S) groups is 1. The van der Waals surface area contributed by atoms with Gasteiger partial charge in [0.1, 0.15) is 5.75 Å². The SMILES string of the molecule is CCOc1ccc(C(=O)NC(=S)Nc2ccc(N(C)C)cc2)cc1. The number of benzene rings is 2. The van der Waals surface area contributed by atoms with Crippen LogP contribution in [-0.2, 0) is 0 Å². The number of ether oxygens (including phenoxy) is 1. The molecule has 2 rings (SSSR count). The molecule has 126 valence electrons. The first kappa shape index (κ1) is 17.7. The number of nitrogens with zero attached hydrogens (tertiary/aromatic N) is 1. The van der Waals surface area contributed by atoms with Crippen molar-refractivity contribution in [2.24, 2.45) is 0 Å². The van der Waals surface area contributed by atoms with E-state index in [-0.39, 0.29) is 11.0 Å². The number of hydrogen-bond acceptors (Lipinski definition) is 4. The van der Waals surface area contributed by atoms with Crippen LogP contribution >= 0.6 is 12.2 Å². The van der Waals surface area contributed by atoms with Gasteiger partial charge in [-0.15, -0.1) is 0 Å². The van der Waals surface area contributed by atoms with Gasteiger partial charge in [0, 0.05) is 31.0 Å². The zero-order valence-electron chi connectivity index (χ0n) is 14.0. The van der Waals surface area contributed by atoms with Crippen molar-refractivity contribution in [3.8, 4) is 5.75 Å². The van der Waals surface area contributed by atoms with Gasteiger partial charge in [-0.2, -0.15) is 0 Å². The molecule has 0 fully saturated rings. The normalized spacial score (nSPS) is 9.96. The number of carbonyl (C=O) groups is 1. The fourth-order valence-electron chi connectivity index (χ4n) is 2.05. The lowest BCUT2D eigenvalue weighted by Crippen LogP contribution is -2.34. The van der Waals surface area contributed by atoms with Gasteiger partial charge in [-0.3, -0.25) is 10.1 Å². The maximum atomic E-state index is 12.2. The number of carbonyl (C=O) groups excluding carboxylic acids is 1. The third-order valence-electron chi connectivity index (χ3n) is 3.30. The van der Waals surface area contributed by atoms with Crippen molar-refractivity contribution in [2.45, 2.75) is 6.92 Å². The molecule has 0 radical (unpaired) electrons. The first-order valence-electron chi connectivity index (χ1n) is 7.62. The minimum atomic E-state index is -0.263. The van der Waals surface area contributed by atoms with E-state index in [2.05, 4.69) is 10.6 Å². The average Bonchev–Trinajstić information content (AvgIpc) is 2.56. The Morgan fingerprint density at radius 1 is 1.08 bits per heavy atom. The highest BCUT2D eigenvalue weighted by molar-refractivity contribution is 7.80. The average molecular weight is 343 g/mol. The van der Waals surface area contributed by atoms with Crippen molar-refractivity contribution in [3.63, 3.8) is 0 Å². The van der Waals surface area contributed by atoms with Crippen molar-refractivity contribution in [1.82, 2.24) is 5.32 Å². The molecule has 0 atom stereocenters. The Balaban J connectivity index is 1.92. The van der Waals surface area contributed by atoms with Crippen LogP contribution in [0.1, 0.15) is 17.3 Å². The smallest absolute Gasteiger partial charge is 0.257 e. The zero-order chi connectivity index (χ0) is 17.5. The highest BCUT2D eigenvalue weighted by Crippen LogP contribution is 2.16. The van der Waals surface area contributed by atoms with E-state index in [1.807, 2.05) is 50.2 Å². The number of amides is 1. The van der Waals surface area contributed by atoms with Crippen LogP contribution in [0, 0.1) is 0 Å². The van der Waals surface area contributed by atoms with Crippen LogP contribution in [0.4, 0.5) is 11.4 Å². The molecule has 5 nitrogen and oxygen atoms in total. The number of anilines is 2. The number of hydrogen-bond donors (Lipinski definition) is 2. The molecule has 2 aromatic carbocycles. The summed E-state index contributed by atoms with van der Waals surface area (Å²) < 4.78 is 5.35. The first-order chi connectivity index (χ1) is 11.5. The monoisotopic (exact) mass is 343 g/mol. The topological polar surface area (TPSA) is 53.6 Å². The molecule has 0 aromatic heterocycles. The van der Waals surface area contributed by atoms with Gasteiger partial charge < -0.3 is 15.0 Å². The minimum absolute atomic E-state index is 0.256. The Hall–Kier alpha value is -2.60. The van der Waals surface area contributed by atoms with Gasteiger partial charge in [0.05, 0.1) is 6.61 Å². The van der Waals surface area contributed by atoms with Crippen molar-refractivity contribution in [2.75, 3.05) is 30.9 Å². The lowest BCUT2D eigenvalue weighted by molar-refractivity contribution is 0.0977. The quantitative estimate of drug-likeness (QED) is 0.816. The van der Waals surface area contributed by atoms with Crippen molar-refractivity contribution >= 4 is 34.6 Å². The Labute approximate surface area is 147 Å². The van der Waals surface area contributed by atoms with E-state index < -0.39 is 0 Å². The minimum Gasteiger partial charge on any atom is -0.494 e. The molecule has 0 spiro atoms. The second-order valence-corrected chi connectivity index (χ2v) is 5.72. The summed E-state index contributed by atoms with van der Waals surface area (Å²) in [7, 11) is 3.95. The Kier molecular flexibility index (Phi) is 6.14. The van der Waals surface area contributed by atoms with Crippen LogP contribution in [-0.4, -0.2) is 31.7 Å². The van der Waals surface area contributed by atoms with Gasteiger partial charge in [0.2, 0.25) is 0 Å². The third kappa shape index (κ3) is 4.96. The van der Waals surface area contributed by atoms with E-state index in [0.717, 1.165) is 17.1 Å². The van der Waals surface area contributed by atoms with Gasteiger partial charge in [-0.05, 0) is 67.7 Å². The van der Waals surface area contributed by atoms with Crippen LogP contribution in [0.2, 0.25) is 0 Å². The second kappa shape index (κ2) is 8.31. The van der Waals surface area contributed by atoms with E-state index in [9.17, 15) is 4.79 Å². The predicted octanol–water partition coefficient (Wildman–Crippen LogP) is 3.28. The molecular weight excluding hydrogens is 322 g/mol. The summed E-state index contributed by atoms with van der Waals surface area (Å²) in [6.07, 6.45) is 0. The van der Waals surface area contributed by atoms with Gasteiger partial charge >= 0.3 is 0 Å². The molecule has 6 heteroatoms. The maximum absolute atomic E-state index is 12.2. The van der Waals surface area contributed by atoms with Gasteiger partial charge in [-0.25, -0.2) is 0 Å². The highest BCUT2D eigenvalue weighted by Gasteiger charge is 2.08. The van der Waals surface area contributed by atoms with Gasteiger partial charge in [-0.1, -0.05) is 0 Å². The third-order valence-corrected chi connectivity index (χ3v) is 3.50. The molecule has 1 amide bonds. The summed E-state index contributed by atoms with van der Waals surface area (Å²) in [4.78, 5) is 14.2. The second-order valence-electron chi connectivity index (χ2n) is 5.31. The largest absolute Gasteiger partial charge is 0.494 e. The molecule has 2 aromatic rings. The van der Waals surface area contributed by atoms with Crippen molar-refractivity contribution in [1.29, 1.82) is 0 Å². The van der Waals surface area contributed by atoms with Crippen LogP contribution in [0.5, 0.6) is 5.75 Å². The Morgan fingerprint density at radius 3 is 2.25 bits per heavy atom. The van der Waals surface area contributed by atoms with E-state index in [1.54, 1.807) is 24.3 Å². The molecule has 0 saturated heterocycles. The Bertz CT molecular complexity index is 697. The summed E-state index contributed by atoms with van der Waals surface area (Å²) in [5.41, 5.74) is 2.42. The van der Waals surface area contributed by atoms with E-state index in [1.165, 1.54) is 0 Å². The van der Waals surface area contributed by atoms with Gasteiger partial charge in [0.15, 0.2) is 5.11 Å². The summed E-state index contributed by atoms with van der Waals surface area (Å²) in [5, 5.41) is 5.92. The molecule has 0 aliphatic heterocycles. The summed E-state index contributed by atoms with van der Waals surface area (Å²) >= 11 is 5.19. The molecule has 2 N–H and O–H groups in total. The van der Waals surface area contributed by atoms with E-state index in [4.69, 9.17) is 17.0 Å². The number of nitrogens with one attached hydrogen (secondary N) is 2. The highest BCUT2D eigenvalue weighted by atomic mass is 32.1. The molecule has 0 saturated carbocycles. The van der Waals surface area contributed by atoms with E-state index in [0.29, 0.717) is 12.2 Å². The fourth-order valence-corrected chi connectivity index (χ4v) is 2.26. The molecule has 0 unspecified atom stereocenters. The zero-order valence-corrected chi connectivity index (χ0v) is 14.8. The summed E-state index contributed by atoms with van der Waals surface area (Å²) in [5.74, 6) is 0.469. The van der Waals surface area contributed by atoms with Crippen LogP contribution in [0.25, 0.3) is 0 Å². The van der Waals surface area contributed by atoms with Crippen molar-refractivity contribution in [3.05, 3.63) is 54.1 Å². The first-order valence-corrected chi connectivity index (χ1v) is 8.03. The maximum Gasteiger partial charge on any atom is 0.257 e. The lowest BCUT2D eigenvalue weighted by Gasteiger charge is -2.14. The fraction of sp³-hybridized carbons (Fsp3) is 0.222. The van der Waals surface area contributed by atoms with Gasteiger partial charge in [0.25, 0.3) is 5.91 Å². The molecule has 0 bridgehead atoms. The number of rotatable bonds is 5.